The summed E-state index contributed by atoms with van der Waals surface area (Å²) in [5.41, 5.74) is 8.64. The van der Waals surface area contributed by atoms with E-state index in [4.69, 9.17) is 10.5 Å². The topological polar surface area (TPSA) is 55.5 Å². The van der Waals surface area contributed by atoms with Crippen molar-refractivity contribution < 1.29 is 9.84 Å². The molecule has 0 saturated carbocycles. The van der Waals surface area contributed by atoms with Gasteiger partial charge in [-0.1, -0.05) is 66.7 Å². The molecule has 3 nitrogen and oxygen atoms in total. The lowest BCUT2D eigenvalue weighted by atomic mass is 10.0. The summed E-state index contributed by atoms with van der Waals surface area (Å²) in [6, 6.07) is 25.5. The quantitative estimate of drug-likeness (QED) is 0.685. The molecular weight excluding hydrogens is 334 g/mol. The first-order valence-corrected chi connectivity index (χ1v) is 8.06. The standard InChI is InChI=1S/C21H21NO2.ClH/c22-14-13-16-11-12-20(19(23)15-16)24-21(17-7-3-1-4-8-17)18-9-5-2-6-10-18;/h1-12,15,21,23H,13-14,22H2;1H. The molecule has 0 heterocycles. The van der Waals surface area contributed by atoms with Gasteiger partial charge in [0.25, 0.3) is 0 Å². The normalized spacial score (nSPS) is 10.3. The predicted molar refractivity (Wildman–Crippen MR) is 103 cm³/mol. The van der Waals surface area contributed by atoms with Crippen LogP contribution in [0.15, 0.2) is 78.9 Å². The van der Waals surface area contributed by atoms with E-state index in [1.54, 1.807) is 12.1 Å². The van der Waals surface area contributed by atoms with Crippen molar-refractivity contribution in [1.29, 1.82) is 0 Å². The molecule has 25 heavy (non-hydrogen) atoms. The summed E-state index contributed by atoms with van der Waals surface area (Å²) in [4.78, 5) is 0. The van der Waals surface area contributed by atoms with Crippen LogP contribution in [0.5, 0.6) is 11.5 Å². The Balaban J connectivity index is 0.00000225. The summed E-state index contributed by atoms with van der Waals surface area (Å²) >= 11 is 0. The Morgan fingerprint density at radius 1 is 0.840 bits per heavy atom. The van der Waals surface area contributed by atoms with Crippen molar-refractivity contribution in [2.24, 2.45) is 5.73 Å². The lowest BCUT2D eigenvalue weighted by Gasteiger charge is -2.21. The van der Waals surface area contributed by atoms with Crippen molar-refractivity contribution in [3.63, 3.8) is 0 Å². The molecule has 0 aromatic heterocycles. The van der Waals surface area contributed by atoms with Gasteiger partial charge in [-0.3, -0.25) is 0 Å². The van der Waals surface area contributed by atoms with Gasteiger partial charge in [0.05, 0.1) is 0 Å². The van der Waals surface area contributed by atoms with Crippen LogP contribution >= 0.6 is 12.4 Å². The maximum Gasteiger partial charge on any atom is 0.162 e. The second-order valence-electron chi connectivity index (χ2n) is 5.66. The molecule has 4 heteroatoms. The molecule has 0 atom stereocenters. The molecule has 3 aromatic rings. The Labute approximate surface area is 154 Å². The monoisotopic (exact) mass is 355 g/mol. The van der Waals surface area contributed by atoms with Gasteiger partial charge in [-0.25, -0.2) is 0 Å². The molecule has 0 radical (unpaired) electrons. The molecule has 0 unspecified atom stereocenters. The fourth-order valence-electron chi connectivity index (χ4n) is 2.70. The van der Waals surface area contributed by atoms with Gasteiger partial charge >= 0.3 is 0 Å². The average Bonchev–Trinajstić information content (AvgIpc) is 2.63. The van der Waals surface area contributed by atoms with Crippen LogP contribution in [0.2, 0.25) is 0 Å². The minimum atomic E-state index is -0.279. The third-order valence-electron chi connectivity index (χ3n) is 3.91. The van der Waals surface area contributed by atoms with E-state index in [9.17, 15) is 5.11 Å². The zero-order valence-electron chi connectivity index (χ0n) is 13.8. The van der Waals surface area contributed by atoms with Crippen LogP contribution in [-0.2, 0) is 6.42 Å². The lowest BCUT2D eigenvalue weighted by molar-refractivity contribution is 0.236. The number of phenolic OH excluding ortho intramolecular Hbond substituents is 1. The van der Waals surface area contributed by atoms with E-state index in [0.717, 1.165) is 23.1 Å². The zero-order valence-corrected chi connectivity index (χ0v) is 14.7. The van der Waals surface area contributed by atoms with E-state index in [2.05, 4.69) is 0 Å². The number of halogens is 1. The summed E-state index contributed by atoms with van der Waals surface area (Å²) < 4.78 is 6.17. The van der Waals surface area contributed by atoms with E-state index in [1.807, 2.05) is 66.7 Å². The van der Waals surface area contributed by atoms with Gasteiger partial charge in [-0.2, -0.15) is 0 Å². The second-order valence-corrected chi connectivity index (χ2v) is 5.66. The van der Waals surface area contributed by atoms with E-state index < -0.39 is 0 Å². The summed E-state index contributed by atoms with van der Waals surface area (Å²) in [5.74, 6) is 0.603. The van der Waals surface area contributed by atoms with Gasteiger partial charge in [-0.15, -0.1) is 12.4 Å². The minimum absolute atomic E-state index is 0. The van der Waals surface area contributed by atoms with E-state index >= 15 is 0 Å². The van der Waals surface area contributed by atoms with Crippen molar-refractivity contribution in [1.82, 2.24) is 0 Å². The third kappa shape index (κ3) is 4.75. The van der Waals surface area contributed by atoms with Crippen LogP contribution < -0.4 is 10.5 Å². The van der Waals surface area contributed by atoms with Crippen LogP contribution in [0.1, 0.15) is 22.8 Å². The summed E-state index contributed by atoms with van der Waals surface area (Å²) in [7, 11) is 0. The number of hydrogen-bond donors (Lipinski definition) is 2. The predicted octanol–water partition coefficient (Wildman–Crippen LogP) is 4.48. The molecule has 3 rings (SSSR count). The number of aromatic hydroxyl groups is 1. The van der Waals surface area contributed by atoms with Crippen LogP contribution in [0.25, 0.3) is 0 Å². The maximum atomic E-state index is 10.3. The van der Waals surface area contributed by atoms with Gasteiger partial charge in [0.1, 0.15) is 6.10 Å². The second kappa shape index (κ2) is 9.11. The van der Waals surface area contributed by atoms with Crippen LogP contribution in [0, 0.1) is 0 Å². The first-order chi connectivity index (χ1) is 11.8. The first-order valence-electron chi connectivity index (χ1n) is 8.06. The zero-order chi connectivity index (χ0) is 16.8. The third-order valence-corrected chi connectivity index (χ3v) is 3.91. The van der Waals surface area contributed by atoms with Crippen LogP contribution in [0.4, 0.5) is 0 Å². The number of rotatable bonds is 6. The number of ether oxygens (including phenoxy) is 1. The van der Waals surface area contributed by atoms with E-state index in [0.29, 0.717) is 12.3 Å². The van der Waals surface area contributed by atoms with Crippen molar-refractivity contribution in [2.45, 2.75) is 12.5 Å². The lowest BCUT2D eigenvalue weighted by Crippen LogP contribution is -2.09. The van der Waals surface area contributed by atoms with E-state index in [1.165, 1.54) is 0 Å². The molecule has 3 N–H and O–H groups in total. The molecule has 0 aliphatic rings. The van der Waals surface area contributed by atoms with Crippen molar-refractivity contribution in [3.8, 4) is 11.5 Å². The van der Waals surface area contributed by atoms with Gasteiger partial charge in [0.2, 0.25) is 0 Å². The SMILES string of the molecule is Cl.NCCc1ccc(OC(c2ccccc2)c2ccccc2)c(O)c1. The Morgan fingerprint density at radius 2 is 1.40 bits per heavy atom. The highest BCUT2D eigenvalue weighted by molar-refractivity contribution is 5.85. The smallest absolute Gasteiger partial charge is 0.162 e. The van der Waals surface area contributed by atoms with Gasteiger partial charge in [0.15, 0.2) is 11.5 Å². The molecule has 130 valence electrons. The van der Waals surface area contributed by atoms with Crippen molar-refractivity contribution >= 4 is 12.4 Å². The number of hydrogen-bond acceptors (Lipinski definition) is 3. The maximum absolute atomic E-state index is 10.3. The Hall–Kier alpha value is -2.49. The molecule has 3 aromatic carbocycles. The molecule has 0 spiro atoms. The molecule has 0 aliphatic carbocycles. The molecule has 0 saturated heterocycles. The first kappa shape index (κ1) is 18.8. The summed E-state index contributed by atoms with van der Waals surface area (Å²) in [5, 5.41) is 10.3. The van der Waals surface area contributed by atoms with E-state index in [-0.39, 0.29) is 24.3 Å². The van der Waals surface area contributed by atoms with Crippen molar-refractivity contribution in [3.05, 3.63) is 95.6 Å². The highest BCUT2D eigenvalue weighted by Gasteiger charge is 2.17. The largest absolute Gasteiger partial charge is 0.504 e. The fraction of sp³-hybridized carbons (Fsp3) is 0.143. The number of benzene rings is 3. The van der Waals surface area contributed by atoms with Crippen LogP contribution in [0.3, 0.4) is 0 Å². The average molecular weight is 356 g/mol. The highest BCUT2D eigenvalue weighted by atomic mass is 35.5. The van der Waals surface area contributed by atoms with Crippen LogP contribution in [-0.4, -0.2) is 11.7 Å². The summed E-state index contributed by atoms with van der Waals surface area (Å²) in [6.45, 7) is 0.552. The Morgan fingerprint density at radius 3 is 1.88 bits per heavy atom. The van der Waals surface area contributed by atoms with Gasteiger partial charge in [-0.05, 0) is 41.8 Å². The molecule has 0 aliphatic heterocycles. The van der Waals surface area contributed by atoms with Gasteiger partial charge in [0, 0.05) is 0 Å². The number of phenols is 1. The highest BCUT2D eigenvalue weighted by Crippen LogP contribution is 2.34. The number of nitrogens with two attached hydrogens (primary N) is 1. The molecule has 0 amide bonds. The van der Waals surface area contributed by atoms with Crippen molar-refractivity contribution in [2.75, 3.05) is 6.54 Å². The summed E-state index contributed by atoms with van der Waals surface area (Å²) in [6.07, 6.45) is 0.452. The van der Waals surface area contributed by atoms with Gasteiger partial charge < -0.3 is 15.6 Å². The Bertz CT molecular complexity index is 739. The molecule has 0 bridgehead atoms. The fourth-order valence-corrected chi connectivity index (χ4v) is 2.70. The molecule has 0 fully saturated rings. The molecular formula is C21H22ClNO2. The Kier molecular flexibility index (Phi) is 6.87. The minimum Gasteiger partial charge on any atom is -0.504 e.